The molecular formula is C18H27N3O4. The molecule has 1 saturated heterocycles. The van der Waals surface area contributed by atoms with Crippen LogP contribution in [-0.4, -0.2) is 64.2 Å². The molecule has 25 heavy (non-hydrogen) atoms. The zero-order valence-electron chi connectivity index (χ0n) is 15.0. The number of guanidine groups is 1. The summed E-state index contributed by atoms with van der Waals surface area (Å²) in [6, 6.07) is 5.60. The maximum absolute atomic E-state index is 5.76. The van der Waals surface area contributed by atoms with Crippen LogP contribution in [0.5, 0.6) is 17.2 Å². The molecule has 0 bridgehead atoms. The lowest BCUT2D eigenvalue weighted by Gasteiger charge is -2.24. The van der Waals surface area contributed by atoms with Crippen LogP contribution in [0.1, 0.15) is 13.3 Å². The Balaban J connectivity index is 1.47. The topological polar surface area (TPSA) is 64.6 Å². The average Bonchev–Trinajstić information content (AvgIpc) is 3.28. The Morgan fingerprint density at radius 3 is 3.04 bits per heavy atom. The highest BCUT2D eigenvalue weighted by atomic mass is 16.7. The van der Waals surface area contributed by atoms with Crippen LogP contribution in [0.15, 0.2) is 23.2 Å². The first-order valence-corrected chi connectivity index (χ1v) is 8.86. The summed E-state index contributed by atoms with van der Waals surface area (Å²) in [7, 11) is 2.07. The lowest BCUT2D eigenvalue weighted by atomic mass is 10.1. The molecule has 2 aliphatic rings. The molecule has 0 amide bonds. The smallest absolute Gasteiger partial charge is 0.231 e. The van der Waals surface area contributed by atoms with Crippen molar-refractivity contribution in [2.75, 3.05) is 53.3 Å². The van der Waals surface area contributed by atoms with Gasteiger partial charge in [-0.2, -0.15) is 0 Å². The van der Waals surface area contributed by atoms with Crippen molar-refractivity contribution in [2.24, 2.45) is 10.9 Å². The Bertz CT molecular complexity index is 588. The minimum Gasteiger partial charge on any atom is -0.492 e. The summed E-state index contributed by atoms with van der Waals surface area (Å²) in [5.41, 5.74) is 0. The maximum Gasteiger partial charge on any atom is 0.231 e. The fourth-order valence-electron chi connectivity index (χ4n) is 2.95. The van der Waals surface area contributed by atoms with Gasteiger partial charge in [-0.1, -0.05) is 0 Å². The van der Waals surface area contributed by atoms with Crippen molar-refractivity contribution in [2.45, 2.75) is 13.3 Å². The second-order valence-corrected chi connectivity index (χ2v) is 6.21. The fraction of sp³-hybridized carbons (Fsp3) is 0.611. The van der Waals surface area contributed by atoms with Gasteiger partial charge in [0.1, 0.15) is 12.4 Å². The Morgan fingerprint density at radius 1 is 1.36 bits per heavy atom. The highest BCUT2D eigenvalue weighted by Gasteiger charge is 2.19. The van der Waals surface area contributed by atoms with Crippen LogP contribution in [-0.2, 0) is 4.74 Å². The molecule has 138 valence electrons. The van der Waals surface area contributed by atoms with Gasteiger partial charge >= 0.3 is 0 Å². The molecule has 1 aromatic carbocycles. The third-order valence-electron chi connectivity index (χ3n) is 4.22. The molecule has 7 heteroatoms. The van der Waals surface area contributed by atoms with Crippen molar-refractivity contribution in [3.63, 3.8) is 0 Å². The number of fused-ring (bicyclic) bond motifs is 1. The van der Waals surface area contributed by atoms with E-state index in [0.717, 1.165) is 55.9 Å². The molecule has 0 saturated carbocycles. The van der Waals surface area contributed by atoms with Gasteiger partial charge in [0.25, 0.3) is 0 Å². The van der Waals surface area contributed by atoms with Crippen molar-refractivity contribution in [3.8, 4) is 17.2 Å². The van der Waals surface area contributed by atoms with Gasteiger partial charge in [-0.05, 0) is 25.5 Å². The lowest BCUT2D eigenvalue weighted by Crippen LogP contribution is -2.41. The SMILES string of the molecule is CCNC(=NCCOc1ccc2c(c1)OCO2)N(C)CC1CCOC1. The summed E-state index contributed by atoms with van der Waals surface area (Å²) >= 11 is 0. The third kappa shape index (κ3) is 4.92. The number of hydrogen-bond donors (Lipinski definition) is 1. The van der Waals surface area contributed by atoms with Gasteiger partial charge in [0.2, 0.25) is 6.79 Å². The first kappa shape index (κ1) is 17.7. The highest BCUT2D eigenvalue weighted by Crippen LogP contribution is 2.34. The first-order valence-electron chi connectivity index (χ1n) is 8.86. The van der Waals surface area contributed by atoms with Gasteiger partial charge in [-0.15, -0.1) is 0 Å². The fourth-order valence-corrected chi connectivity index (χ4v) is 2.95. The molecule has 0 aromatic heterocycles. The quantitative estimate of drug-likeness (QED) is 0.459. The molecule has 1 N–H and O–H groups in total. The van der Waals surface area contributed by atoms with Crippen LogP contribution in [0.2, 0.25) is 0 Å². The van der Waals surface area contributed by atoms with Gasteiger partial charge in [0.15, 0.2) is 17.5 Å². The second kappa shape index (κ2) is 8.80. The average molecular weight is 349 g/mol. The second-order valence-electron chi connectivity index (χ2n) is 6.21. The van der Waals surface area contributed by atoms with E-state index in [4.69, 9.17) is 18.9 Å². The largest absolute Gasteiger partial charge is 0.492 e. The summed E-state index contributed by atoms with van der Waals surface area (Å²) in [6.07, 6.45) is 1.12. The Hall–Kier alpha value is -2.15. The van der Waals surface area contributed by atoms with Crippen molar-refractivity contribution in [1.29, 1.82) is 0 Å². The van der Waals surface area contributed by atoms with E-state index < -0.39 is 0 Å². The number of aliphatic imine (C=N–C) groups is 1. The zero-order chi connectivity index (χ0) is 17.5. The predicted molar refractivity (Wildman–Crippen MR) is 95.6 cm³/mol. The van der Waals surface area contributed by atoms with E-state index in [1.54, 1.807) is 0 Å². The monoisotopic (exact) mass is 349 g/mol. The third-order valence-corrected chi connectivity index (χ3v) is 4.22. The van der Waals surface area contributed by atoms with Gasteiger partial charge in [-0.25, -0.2) is 4.99 Å². The molecule has 0 spiro atoms. The van der Waals surface area contributed by atoms with E-state index in [1.165, 1.54) is 0 Å². The number of benzene rings is 1. The number of ether oxygens (including phenoxy) is 4. The number of hydrogen-bond acceptors (Lipinski definition) is 5. The first-order chi connectivity index (χ1) is 12.3. The normalized spacial score (nSPS) is 19.1. The lowest BCUT2D eigenvalue weighted by molar-refractivity contribution is 0.173. The minimum atomic E-state index is 0.271. The van der Waals surface area contributed by atoms with Crippen LogP contribution in [0.4, 0.5) is 0 Å². The van der Waals surface area contributed by atoms with Crippen LogP contribution in [0.3, 0.4) is 0 Å². The summed E-state index contributed by atoms with van der Waals surface area (Å²) in [5.74, 6) is 3.74. The number of nitrogens with one attached hydrogen (secondary N) is 1. The van der Waals surface area contributed by atoms with Crippen molar-refractivity contribution in [3.05, 3.63) is 18.2 Å². The molecule has 7 nitrogen and oxygen atoms in total. The van der Waals surface area contributed by atoms with E-state index in [-0.39, 0.29) is 6.79 Å². The van der Waals surface area contributed by atoms with E-state index in [2.05, 4.69) is 29.2 Å². The highest BCUT2D eigenvalue weighted by molar-refractivity contribution is 5.79. The standard InChI is InChI=1S/C18H27N3O4/c1-3-19-18(21(2)11-14-6-8-22-12-14)20-7-9-23-15-4-5-16-17(10-15)25-13-24-16/h4-5,10,14H,3,6-9,11-13H2,1-2H3,(H,19,20). The summed E-state index contributed by atoms with van der Waals surface area (Å²) < 4.78 is 21.9. The molecule has 1 fully saturated rings. The summed E-state index contributed by atoms with van der Waals surface area (Å²) in [4.78, 5) is 6.82. The van der Waals surface area contributed by atoms with Crippen LogP contribution in [0.25, 0.3) is 0 Å². The Morgan fingerprint density at radius 2 is 2.24 bits per heavy atom. The van der Waals surface area contributed by atoms with Gasteiger partial charge < -0.3 is 29.2 Å². The maximum atomic E-state index is 5.76. The molecule has 1 unspecified atom stereocenters. The van der Waals surface area contributed by atoms with Crippen molar-refractivity contribution in [1.82, 2.24) is 10.2 Å². The molecule has 1 atom stereocenters. The van der Waals surface area contributed by atoms with Crippen LogP contribution >= 0.6 is 0 Å². The van der Waals surface area contributed by atoms with Gasteiger partial charge in [0, 0.05) is 38.7 Å². The zero-order valence-corrected chi connectivity index (χ0v) is 15.0. The van der Waals surface area contributed by atoms with E-state index >= 15 is 0 Å². The van der Waals surface area contributed by atoms with Gasteiger partial charge in [-0.3, -0.25) is 0 Å². The molecular weight excluding hydrogens is 322 g/mol. The molecule has 3 rings (SSSR count). The van der Waals surface area contributed by atoms with E-state index in [1.807, 2.05) is 18.2 Å². The number of nitrogens with zero attached hydrogens (tertiary/aromatic N) is 2. The summed E-state index contributed by atoms with van der Waals surface area (Å²) in [5, 5.41) is 3.33. The van der Waals surface area contributed by atoms with Crippen molar-refractivity contribution < 1.29 is 18.9 Å². The molecule has 2 heterocycles. The van der Waals surface area contributed by atoms with E-state index in [9.17, 15) is 0 Å². The van der Waals surface area contributed by atoms with Gasteiger partial charge in [0.05, 0.1) is 13.2 Å². The summed E-state index contributed by atoms with van der Waals surface area (Å²) in [6.45, 7) is 6.95. The van der Waals surface area contributed by atoms with Crippen LogP contribution in [0, 0.1) is 5.92 Å². The molecule has 2 aliphatic heterocycles. The minimum absolute atomic E-state index is 0.271. The number of rotatable bonds is 7. The Kier molecular flexibility index (Phi) is 6.22. The van der Waals surface area contributed by atoms with Crippen LogP contribution < -0.4 is 19.5 Å². The Labute approximate surface area is 148 Å². The predicted octanol–water partition coefficient (Wildman–Crippen LogP) is 1.73. The molecule has 0 radical (unpaired) electrons. The molecule has 1 aromatic rings. The van der Waals surface area contributed by atoms with E-state index in [0.29, 0.717) is 19.1 Å². The molecule has 0 aliphatic carbocycles. The van der Waals surface area contributed by atoms with Crippen molar-refractivity contribution >= 4 is 5.96 Å².